The van der Waals surface area contributed by atoms with E-state index in [1.807, 2.05) is 0 Å². The molecule has 0 aliphatic heterocycles. The molecule has 6 aromatic rings. The van der Waals surface area contributed by atoms with Crippen molar-refractivity contribution < 1.29 is 20.9 Å². The molecule has 0 bridgehead atoms. The van der Waals surface area contributed by atoms with Crippen molar-refractivity contribution in [2.75, 3.05) is 0 Å². The van der Waals surface area contributed by atoms with E-state index in [9.17, 15) is 0 Å². The van der Waals surface area contributed by atoms with Crippen LogP contribution < -0.4 is 0 Å². The maximum atomic E-state index is 2.71. The molecule has 2 aliphatic rings. The molecule has 0 amide bonds. The quantitative estimate of drug-likeness (QED) is 0.144. The SMILES string of the molecule is CC(C)C1=C(c2cccc3ccccc23)c2ccccc2[CH]1[Zr]([CH]1C(C(C)C)=C(c2cccc3ccccc23)c2ccccc21)[SiH](C)C. The first-order valence-corrected chi connectivity index (χ1v) is 27.8. The third-order valence-corrected chi connectivity index (χ3v) is 32.4. The predicted octanol–water partition coefficient (Wildman–Crippen LogP) is 12.3. The summed E-state index contributed by atoms with van der Waals surface area (Å²) in [4.78, 5) is 0. The van der Waals surface area contributed by atoms with Gasteiger partial charge in [0, 0.05) is 0 Å². The normalized spacial score (nSPS) is 17.4. The minimum absolute atomic E-state index is 0.473. The molecular formula is C46H45SiZr. The summed E-state index contributed by atoms with van der Waals surface area (Å²) in [6.07, 6.45) is 0. The van der Waals surface area contributed by atoms with Crippen LogP contribution in [0, 0.1) is 11.8 Å². The Morgan fingerprint density at radius 2 is 0.792 bits per heavy atom. The number of benzene rings is 6. The summed E-state index contributed by atoms with van der Waals surface area (Å²) in [6.45, 7) is 15.3. The summed E-state index contributed by atoms with van der Waals surface area (Å²) in [5.74, 6) is -0.137. The van der Waals surface area contributed by atoms with Crippen LogP contribution in [0.2, 0.25) is 13.1 Å². The van der Waals surface area contributed by atoms with Crippen LogP contribution in [-0.2, 0) is 20.9 Å². The fourth-order valence-corrected chi connectivity index (χ4v) is 32.5. The van der Waals surface area contributed by atoms with Crippen LogP contribution in [0.3, 0.4) is 0 Å². The zero-order valence-electron chi connectivity index (χ0n) is 29.1. The molecule has 6 aromatic carbocycles. The molecule has 237 valence electrons. The number of rotatable bonds is 7. The fraction of sp³-hybridized carbons (Fsp3) is 0.217. The van der Waals surface area contributed by atoms with Gasteiger partial charge in [-0.3, -0.25) is 0 Å². The number of hydrogen-bond donors (Lipinski definition) is 0. The van der Waals surface area contributed by atoms with Gasteiger partial charge in [0.15, 0.2) is 0 Å². The van der Waals surface area contributed by atoms with Gasteiger partial charge in [0.1, 0.15) is 0 Å². The van der Waals surface area contributed by atoms with E-state index in [0.29, 0.717) is 19.1 Å². The van der Waals surface area contributed by atoms with Gasteiger partial charge in [-0.2, -0.15) is 0 Å². The average molecular weight is 717 g/mol. The molecule has 0 heterocycles. The second-order valence-electron chi connectivity index (χ2n) is 14.7. The topological polar surface area (TPSA) is 0 Å². The van der Waals surface area contributed by atoms with Crippen molar-refractivity contribution in [2.45, 2.75) is 48.0 Å². The van der Waals surface area contributed by atoms with Crippen molar-refractivity contribution in [2.24, 2.45) is 11.8 Å². The van der Waals surface area contributed by atoms with Crippen molar-refractivity contribution in [3.8, 4) is 0 Å². The van der Waals surface area contributed by atoms with Crippen LogP contribution >= 0.6 is 0 Å². The second kappa shape index (κ2) is 12.7. The number of fused-ring (bicyclic) bond motifs is 4. The van der Waals surface area contributed by atoms with Crippen LogP contribution in [0.1, 0.15) is 68.3 Å². The first kappa shape index (κ1) is 31.7. The van der Waals surface area contributed by atoms with Gasteiger partial charge in [-0.15, -0.1) is 0 Å². The Labute approximate surface area is 295 Å². The van der Waals surface area contributed by atoms with Crippen molar-refractivity contribution in [3.63, 3.8) is 0 Å². The molecule has 0 radical (unpaired) electrons. The van der Waals surface area contributed by atoms with Gasteiger partial charge in [-0.05, 0) is 0 Å². The zero-order chi connectivity index (χ0) is 33.1. The summed E-state index contributed by atoms with van der Waals surface area (Å²) < 4.78 is 1.14. The molecule has 0 nitrogen and oxygen atoms in total. The van der Waals surface area contributed by atoms with E-state index in [1.54, 1.807) is 22.3 Å². The van der Waals surface area contributed by atoms with Crippen molar-refractivity contribution in [3.05, 3.63) is 178 Å². The molecule has 2 unspecified atom stereocenters. The second-order valence-corrected chi connectivity index (χ2v) is 34.8. The molecule has 2 heteroatoms. The molecule has 48 heavy (non-hydrogen) atoms. The molecule has 0 aromatic heterocycles. The van der Waals surface area contributed by atoms with E-state index in [-0.39, 0.29) is 0 Å². The van der Waals surface area contributed by atoms with E-state index in [4.69, 9.17) is 0 Å². The van der Waals surface area contributed by atoms with E-state index in [1.165, 1.54) is 54.9 Å². The molecule has 0 saturated heterocycles. The zero-order valence-corrected chi connectivity index (χ0v) is 32.7. The summed E-state index contributed by atoms with van der Waals surface area (Å²) in [7, 11) is 0. The van der Waals surface area contributed by atoms with Gasteiger partial charge in [0.05, 0.1) is 0 Å². The van der Waals surface area contributed by atoms with E-state index in [2.05, 4.69) is 174 Å². The van der Waals surface area contributed by atoms with Gasteiger partial charge < -0.3 is 0 Å². The summed E-state index contributed by atoms with van der Waals surface area (Å²) in [5, 5.41) is 5.42. The average Bonchev–Trinajstić information content (AvgIpc) is 3.62. The molecule has 0 N–H and O–H groups in total. The summed E-state index contributed by atoms with van der Waals surface area (Å²) in [5.41, 5.74) is 15.6. The number of allylic oxidation sites excluding steroid dienone is 2. The van der Waals surface area contributed by atoms with Crippen molar-refractivity contribution in [1.29, 1.82) is 0 Å². The van der Waals surface area contributed by atoms with Gasteiger partial charge in [-0.25, -0.2) is 0 Å². The van der Waals surface area contributed by atoms with Crippen LogP contribution in [0.5, 0.6) is 0 Å². The predicted molar refractivity (Wildman–Crippen MR) is 207 cm³/mol. The van der Waals surface area contributed by atoms with E-state index < -0.39 is 26.8 Å². The first-order chi connectivity index (χ1) is 23.4. The van der Waals surface area contributed by atoms with Crippen molar-refractivity contribution in [1.82, 2.24) is 0 Å². The van der Waals surface area contributed by atoms with Crippen LogP contribution in [0.25, 0.3) is 32.7 Å². The first-order valence-electron chi connectivity index (χ1n) is 17.9. The number of hydrogen-bond acceptors (Lipinski definition) is 0. The van der Waals surface area contributed by atoms with E-state index >= 15 is 0 Å². The molecule has 0 saturated carbocycles. The van der Waals surface area contributed by atoms with Crippen LogP contribution in [0.15, 0.2) is 145 Å². The van der Waals surface area contributed by atoms with Gasteiger partial charge in [0.2, 0.25) is 0 Å². The Kier molecular flexibility index (Phi) is 8.38. The summed E-state index contributed by atoms with van der Waals surface area (Å²) >= 11 is -2.40. The van der Waals surface area contributed by atoms with Gasteiger partial charge in [0.25, 0.3) is 0 Å². The third-order valence-electron chi connectivity index (χ3n) is 11.0. The Morgan fingerprint density at radius 3 is 1.21 bits per heavy atom. The van der Waals surface area contributed by atoms with Crippen LogP contribution in [-0.4, -0.2) is 5.92 Å². The van der Waals surface area contributed by atoms with Gasteiger partial charge >= 0.3 is 297 Å². The molecule has 0 fully saturated rings. The Morgan fingerprint density at radius 1 is 0.438 bits per heavy atom. The third kappa shape index (κ3) is 5.02. The minimum atomic E-state index is -2.40. The molecule has 8 rings (SSSR count). The molecule has 2 aliphatic carbocycles. The maximum absolute atomic E-state index is 2.71. The Balaban J connectivity index is 1.42. The summed E-state index contributed by atoms with van der Waals surface area (Å²) in [6, 6.07) is 51.1. The van der Waals surface area contributed by atoms with E-state index in [0.717, 1.165) is 0 Å². The molecule has 2 atom stereocenters. The Bertz CT molecular complexity index is 2080. The molecule has 0 spiro atoms. The Hall–Kier alpha value is -3.58. The fourth-order valence-electron chi connectivity index (χ4n) is 9.17. The van der Waals surface area contributed by atoms with Crippen molar-refractivity contribution >= 4 is 38.6 Å². The monoisotopic (exact) mass is 715 g/mol. The standard InChI is InChI=1S/2C22H19.C2H7Si.Zr/c2*1-15(2)21-14-17-9-4-6-12-19(17)22(21)20-13-7-10-16-8-3-5-11-18(16)20;1-3-2;/h2*3-15H,1-2H3;3H,1-2H3;. The molecular weight excluding hydrogens is 672 g/mol. The van der Waals surface area contributed by atoms with Gasteiger partial charge in [-0.1, -0.05) is 0 Å². The van der Waals surface area contributed by atoms with Crippen LogP contribution in [0.4, 0.5) is 0 Å².